The summed E-state index contributed by atoms with van der Waals surface area (Å²) in [7, 11) is 0. The number of rotatable bonds is 8. The molecule has 3 atom stereocenters. The van der Waals surface area contributed by atoms with E-state index in [9.17, 15) is 0 Å². The molecule has 0 spiro atoms. The lowest BCUT2D eigenvalue weighted by Crippen LogP contribution is -2.42. The van der Waals surface area contributed by atoms with Crippen LogP contribution >= 0.6 is 12.4 Å². The van der Waals surface area contributed by atoms with Crippen molar-refractivity contribution in [2.45, 2.75) is 71.1 Å². The number of nitrogens with two attached hydrogens (primary N) is 1. The lowest BCUT2D eigenvalue weighted by atomic mass is 9.83. The highest BCUT2D eigenvalue weighted by Crippen LogP contribution is 2.32. The van der Waals surface area contributed by atoms with E-state index in [2.05, 4.69) is 17.0 Å². The Bertz CT molecular complexity index is 455. The Labute approximate surface area is 145 Å². The third kappa shape index (κ3) is 5.71. The summed E-state index contributed by atoms with van der Waals surface area (Å²) in [4.78, 5) is 4.63. The van der Waals surface area contributed by atoms with Gasteiger partial charge in [-0.1, -0.05) is 6.92 Å². The number of aryl methyl sites for hydroxylation is 1. The molecule has 6 nitrogen and oxygen atoms in total. The maximum atomic E-state index is 6.32. The Morgan fingerprint density at radius 2 is 2.04 bits per heavy atom. The summed E-state index contributed by atoms with van der Waals surface area (Å²) in [6.07, 6.45) is 4.22. The van der Waals surface area contributed by atoms with Gasteiger partial charge in [-0.2, -0.15) is 5.10 Å². The molecule has 1 aliphatic rings. The summed E-state index contributed by atoms with van der Waals surface area (Å²) in [5, 5.41) is 4.50. The first-order valence-electron chi connectivity index (χ1n) is 8.51. The highest BCUT2D eigenvalue weighted by Gasteiger charge is 2.32. The van der Waals surface area contributed by atoms with Crippen LogP contribution in [-0.2, 0) is 16.0 Å². The second-order valence-electron chi connectivity index (χ2n) is 6.02. The fourth-order valence-corrected chi connectivity index (χ4v) is 3.12. The summed E-state index contributed by atoms with van der Waals surface area (Å²) in [6.45, 7) is 9.03. The van der Waals surface area contributed by atoms with E-state index in [0.717, 1.165) is 57.1 Å². The van der Waals surface area contributed by atoms with Crippen LogP contribution in [-0.4, -0.2) is 46.7 Å². The van der Waals surface area contributed by atoms with Gasteiger partial charge in [-0.05, 0) is 39.5 Å². The summed E-state index contributed by atoms with van der Waals surface area (Å²) < 4.78 is 13.3. The first-order chi connectivity index (χ1) is 10.7. The van der Waals surface area contributed by atoms with Crippen molar-refractivity contribution in [2.24, 2.45) is 5.73 Å². The number of nitrogens with zero attached hydrogens (tertiary/aromatic N) is 3. The van der Waals surface area contributed by atoms with Gasteiger partial charge >= 0.3 is 0 Å². The van der Waals surface area contributed by atoms with Crippen LogP contribution in [0.2, 0.25) is 0 Å². The number of hydrogen-bond donors (Lipinski definition) is 1. The molecule has 1 aromatic heterocycles. The summed E-state index contributed by atoms with van der Waals surface area (Å²) in [6, 6.07) is 0.0858. The van der Waals surface area contributed by atoms with Gasteiger partial charge < -0.3 is 15.2 Å². The Hall–Kier alpha value is -0.690. The summed E-state index contributed by atoms with van der Waals surface area (Å²) >= 11 is 0. The fourth-order valence-electron chi connectivity index (χ4n) is 3.12. The predicted molar refractivity (Wildman–Crippen MR) is 93.1 cm³/mol. The van der Waals surface area contributed by atoms with Gasteiger partial charge in [0.25, 0.3) is 0 Å². The van der Waals surface area contributed by atoms with Crippen LogP contribution in [0.5, 0.6) is 0 Å². The van der Waals surface area contributed by atoms with Gasteiger partial charge in [0, 0.05) is 25.2 Å². The number of ether oxygens (including phenoxy) is 2. The molecule has 1 aliphatic carbocycles. The largest absolute Gasteiger partial charge is 0.380 e. The van der Waals surface area contributed by atoms with Crippen molar-refractivity contribution in [1.29, 1.82) is 0 Å². The lowest BCUT2D eigenvalue weighted by Gasteiger charge is -2.33. The minimum Gasteiger partial charge on any atom is -0.380 e. The van der Waals surface area contributed by atoms with Crippen molar-refractivity contribution in [3.8, 4) is 0 Å². The third-order valence-electron chi connectivity index (χ3n) is 4.19. The second kappa shape index (κ2) is 10.2. The van der Waals surface area contributed by atoms with Crippen LogP contribution in [0.4, 0.5) is 0 Å². The van der Waals surface area contributed by atoms with Crippen molar-refractivity contribution >= 4 is 12.4 Å². The van der Waals surface area contributed by atoms with Crippen molar-refractivity contribution in [3.63, 3.8) is 0 Å². The van der Waals surface area contributed by atoms with Crippen LogP contribution in [0.25, 0.3) is 0 Å². The van der Waals surface area contributed by atoms with Crippen molar-refractivity contribution in [3.05, 3.63) is 11.6 Å². The molecule has 1 heterocycles. The first-order valence-corrected chi connectivity index (χ1v) is 8.51. The smallest absolute Gasteiger partial charge is 0.147 e. The average molecular weight is 347 g/mol. The highest BCUT2D eigenvalue weighted by atomic mass is 35.5. The third-order valence-corrected chi connectivity index (χ3v) is 4.19. The molecule has 2 N–H and O–H groups in total. The van der Waals surface area contributed by atoms with E-state index < -0.39 is 0 Å². The van der Waals surface area contributed by atoms with E-state index in [1.807, 2.05) is 18.5 Å². The fraction of sp³-hybridized carbons (Fsp3) is 0.875. The molecule has 1 fully saturated rings. The van der Waals surface area contributed by atoms with Gasteiger partial charge in [-0.25, -0.2) is 9.67 Å². The van der Waals surface area contributed by atoms with E-state index in [1.165, 1.54) is 0 Å². The van der Waals surface area contributed by atoms with Gasteiger partial charge in [0.15, 0.2) is 0 Å². The molecule has 0 unspecified atom stereocenters. The molecule has 0 amide bonds. The molecule has 134 valence electrons. The van der Waals surface area contributed by atoms with E-state index in [4.69, 9.17) is 15.2 Å². The molecule has 23 heavy (non-hydrogen) atoms. The molecule has 0 aliphatic heterocycles. The van der Waals surface area contributed by atoms with Gasteiger partial charge in [0.2, 0.25) is 0 Å². The average Bonchev–Trinajstić information content (AvgIpc) is 2.87. The molecule has 1 aromatic rings. The Morgan fingerprint density at radius 1 is 1.26 bits per heavy atom. The Balaban J connectivity index is 0.00000264. The molecule has 0 aromatic carbocycles. The molecule has 2 rings (SSSR count). The van der Waals surface area contributed by atoms with Crippen LogP contribution < -0.4 is 5.73 Å². The van der Waals surface area contributed by atoms with Gasteiger partial charge in [-0.15, -0.1) is 12.4 Å². The lowest BCUT2D eigenvalue weighted by molar-refractivity contribution is 0.0105. The second-order valence-corrected chi connectivity index (χ2v) is 6.02. The van der Waals surface area contributed by atoms with Crippen molar-refractivity contribution < 1.29 is 9.47 Å². The van der Waals surface area contributed by atoms with Crippen LogP contribution in [0.1, 0.15) is 57.1 Å². The number of aromatic nitrogens is 3. The topological polar surface area (TPSA) is 75.2 Å². The molecular weight excluding hydrogens is 316 g/mol. The van der Waals surface area contributed by atoms with E-state index in [0.29, 0.717) is 12.5 Å². The summed E-state index contributed by atoms with van der Waals surface area (Å²) in [5.41, 5.74) is 6.32. The Morgan fingerprint density at radius 3 is 2.70 bits per heavy atom. The Kier molecular flexibility index (Phi) is 9.06. The van der Waals surface area contributed by atoms with Gasteiger partial charge in [0.1, 0.15) is 11.6 Å². The SMILES string of the molecule is CCCO[C@@H]1CC[C@H](c2nc(C)nn2CCOCC)C[C@H]1N.Cl. The predicted octanol–water partition coefficient (Wildman–Crippen LogP) is 2.43. The highest BCUT2D eigenvalue weighted by molar-refractivity contribution is 5.85. The van der Waals surface area contributed by atoms with Crippen LogP contribution in [0.3, 0.4) is 0 Å². The van der Waals surface area contributed by atoms with Crippen molar-refractivity contribution in [2.75, 3.05) is 19.8 Å². The van der Waals surface area contributed by atoms with Crippen molar-refractivity contribution in [1.82, 2.24) is 14.8 Å². The van der Waals surface area contributed by atoms with E-state index >= 15 is 0 Å². The quantitative estimate of drug-likeness (QED) is 0.732. The standard InChI is InChI=1S/C16H30N4O2.ClH/c1-4-9-22-15-7-6-13(11-14(15)17)16-18-12(3)19-20(16)8-10-21-5-2;/h13-15H,4-11,17H2,1-3H3;1H/t13-,14+,15+;/m0./s1. The van der Waals surface area contributed by atoms with E-state index in [1.54, 1.807) is 0 Å². The minimum atomic E-state index is 0. The first kappa shape index (κ1) is 20.4. The zero-order valence-corrected chi connectivity index (χ0v) is 15.3. The maximum absolute atomic E-state index is 6.32. The number of hydrogen-bond acceptors (Lipinski definition) is 5. The molecular formula is C16H31ClN4O2. The van der Waals surface area contributed by atoms with Gasteiger partial charge in [0.05, 0.1) is 19.3 Å². The minimum absolute atomic E-state index is 0. The normalized spacial score (nSPS) is 24.4. The van der Waals surface area contributed by atoms with Crippen LogP contribution in [0.15, 0.2) is 0 Å². The van der Waals surface area contributed by atoms with Gasteiger partial charge in [-0.3, -0.25) is 0 Å². The van der Waals surface area contributed by atoms with E-state index in [-0.39, 0.29) is 24.6 Å². The molecule has 0 radical (unpaired) electrons. The molecule has 7 heteroatoms. The van der Waals surface area contributed by atoms with Crippen LogP contribution in [0, 0.1) is 6.92 Å². The molecule has 0 saturated heterocycles. The summed E-state index contributed by atoms with van der Waals surface area (Å²) in [5.74, 6) is 2.25. The zero-order chi connectivity index (χ0) is 15.9. The molecule has 1 saturated carbocycles. The zero-order valence-electron chi connectivity index (χ0n) is 14.5. The molecule has 0 bridgehead atoms. The number of halogens is 1. The monoisotopic (exact) mass is 346 g/mol. The maximum Gasteiger partial charge on any atom is 0.147 e.